The molecule has 3 aromatic rings. The third-order valence-electron chi connectivity index (χ3n) is 3.78. The minimum Gasteiger partial charge on any atom is -0.493 e. The number of nitriles is 1. The van der Waals surface area contributed by atoms with E-state index in [-0.39, 0.29) is 0 Å². The summed E-state index contributed by atoms with van der Waals surface area (Å²) in [5.41, 5.74) is 3.22. The number of rotatable bonds is 6. The second-order valence-electron chi connectivity index (χ2n) is 5.54. The topological polar surface area (TPSA) is 55.1 Å². The number of benzene rings is 2. The molecular weight excluding hydrogens is 424 g/mol. The summed E-state index contributed by atoms with van der Waals surface area (Å²) in [6.07, 6.45) is 1.80. The molecule has 3 rings (SSSR count). The summed E-state index contributed by atoms with van der Waals surface area (Å²) < 4.78 is 11.8. The van der Waals surface area contributed by atoms with E-state index in [1.165, 1.54) is 11.3 Å². The van der Waals surface area contributed by atoms with Gasteiger partial charge in [-0.05, 0) is 46.6 Å². The highest BCUT2D eigenvalue weighted by Crippen LogP contribution is 2.38. The van der Waals surface area contributed by atoms with Gasteiger partial charge >= 0.3 is 0 Å². The average Bonchev–Trinajstić information content (AvgIpc) is 3.18. The Labute approximate surface area is 170 Å². The van der Waals surface area contributed by atoms with Gasteiger partial charge in [-0.2, -0.15) is 5.26 Å². The van der Waals surface area contributed by atoms with Crippen LogP contribution in [0.4, 0.5) is 0 Å². The van der Waals surface area contributed by atoms with Gasteiger partial charge in [0, 0.05) is 10.9 Å². The van der Waals surface area contributed by atoms with Gasteiger partial charge in [-0.15, -0.1) is 11.3 Å². The number of nitrogens with zero attached hydrogens (tertiary/aromatic N) is 2. The summed E-state index contributed by atoms with van der Waals surface area (Å²) in [5.74, 6) is 1.26. The zero-order valence-corrected chi connectivity index (χ0v) is 17.3. The number of aromatic nitrogens is 1. The average molecular weight is 441 g/mol. The second kappa shape index (κ2) is 8.85. The maximum atomic E-state index is 9.64. The van der Waals surface area contributed by atoms with Crippen LogP contribution in [-0.4, -0.2) is 18.7 Å². The van der Waals surface area contributed by atoms with Crippen LogP contribution in [0.3, 0.4) is 0 Å². The van der Waals surface area contributed by atoms with Crippen molar-refractivity contribution in [3.63, 3.8) is 0 Å². The van der Waals surface area contributed by atoms with E-state index in [1.54, 1.807) is 13.2 Å². The van der Waals surface area contributed by atoms with E-state index in [1.807, 2.05) is 54.8 Å². The standard InChI is InChI=1S/C21H17BrN2O2S/c1-3-26-20-17(22)10-14(11-19(20)25-2)9-16(12-23)21-24-18(13-27-21)15-7-5-4-6-8-15/h4-11,13H,3H2,1-2H3/b16-9+. The minimum atomic E-state index is 0.500. The Morgan fingerprint density at radius 2 is 2.07 bits per heavy atom. The fourth-order valence-corrected chi connectivity index (χ4v) is 3.92. The Balaban J connectivity index is 1.97. The van der Waals surface area contributed by atoms with E-state index in [4.69, 9.17) is 9.47 Å². The molecule has 1 heterocycles. The van der Waals surface area contributed by atoms with Crippen LogP contribution in [0.1, 0.15) is 17.5 Å². The number of hydrogen-bond acceptors (Lipinski definition) is 5. The number of halogens is 1. The molecule has 0 radical (unpaired) electrons. The first-order chi connectivity index (χ1) is 13.2. The van der Waals surface area contributed by atoms with Gasteiger partial charge in [0.25, 0.3) is 0 Å². The van der Waals surface area contributed by atoms with E-state index in [2.05, 4.69) is 27.0 Å². The summed E-state index contributed by atoms with van der Waals surface area (Å²) in [4.78, 5) is 4.62. The third kappa shape index (κ3) is 4.38. The van der Waals surface area contributed by atoms with Gasteiger partial charge in [0.2, 0.25) is 0 Å². The van der Waals surface area contributed by atoms with Crippen molar-refractivity contribution in [2.75, 3.05) is 13.7 Å². The van der Waals surface area contributed by atoms with Crippen molar-refractivity contribution in [1.29, 1.82) is 5.26 Å². The Morgan fingerprint density at radius 3 is 2.74 bits per heavy atom. The van der Waals surface area contributed by atoms with Gasteiger partial charge < -0.3 is 9.47 Å². The zero-order valence-electron chi connectivity index (χ0n) is 14.9. The van der Waals surface area contributed by atoms with Crippen LogP contribution in [0.15, 0.2) is 52.3 Å². The lowest BCUT2D eigenvalue weighted by Gasteiger charge is -2.12. The molecular formula is C21H17BrN2O2S. The predicted molar refractivity (Wildman–Crippen MR) is 113 cm³/mol. The highest BCUT2D eigenvalue weighted by molar-refractivity contribution is 9.10. The quantitative estimate of drug-likeness (QED) is 0.438. The maximum Gasteiger partial charge on any atom is 0.175 e. The first kappa shape index (κ1) is 19.2. The first-order valence-corrected chi connectivity index (χ1v) is 9.97. The lowest BCUT2D eigenvalue weighted by molar-refractivity contribution is 0.309. The van der Waals surface area contributed by atoms with Crippen LogP contribution in [-0.2, 0) is 0 Å². The minimum absolute atomic E-state index is 0.500. The molecule has 136 valence electrons. The normalized spacial score (nSPS) is 11.1. The van der Waals surface area contributed by atoms with Crippen LogP contribution >= 0.6 is 27.3 Å². The number of allylic oxidation sites excluding steroid dienone is 1. The fraction of sp³-hybridized carbons (Fsp3) is 0.143. The van der Waals surface area contributed by atoms with Crippen LogP contribution in [0.5, 0.6) is 11.5 Å². The lowest BCUT2D eigenvalue weighted by Crippen LogP contribution is -1.97. The molecule has 0 spiro atoms. The summed E-state index contributed by atoms with van der Waals surface area (Å²) in [5, 5.41) is 12.3. The summed E-state index contributed by atoms with van der Waals surface area (Å²) in [7, 11) is 1.59. The summed E-state index contributed by atoms with van der Waals surface area (Å²) >= 11 is 4.96. The molecule has 0 saturated heterocycles. The molecule has 0 aliphatic carbocycles. The molecule has 0 aliphatic heterocycles. The number of hydrogen-bond donors (Lipinski definition) is 0. The van der Waals surface area contributed by atoms with Gasteiger partial charge in [0.15, 0.2) is 11.5 Å². The Kier molecular flexibility index (Phi) is 6.28. The molecule has 4 nitrogen and oxygen atoms in total. The van der Waals surface area contributed by atoms with Gasteiger partial charge in [-0.3, -0.25) is 0 Å². The summed E-state index contributed by atoms with van der Waals surface area (Å²) in [6.45, 7) is 2.45. The molecule has 0 amide bonds. The zero-order chi connectivity index (χ0) is 19.2. The van der Waals surface area contributed by atoms with Gasteiger partial charge in [0.1, 0.15) is 11.1 Å². The molecule has 0 fully saturated rings. The van der Waals surface area contributed by atoms with Crippen molar-refractivity contribution < 1.29 is 9.47 Å². The van der Waals surface area contributed by atoms with Gasteiger partial charge in [0.05, 0.1) is 29.5 Å². The second-order valence-corrected chi connectivity index (χ2v) is 7.25. The highest BCUT2D eigenvalue weighted by Gasteiger charge is 2.13. The van der Waals surface area contributed by atoms with Crippen LogP contribution in [0.2, 0.25) is 0 Å². The van der Waals surface area contributed by atoms with E-state index >= 15 is 0 Å². The van der Waals surface area contributed by atoms with Crippen LogP contribution in [0, 0.1) is 11.3 Å². The van der Waals surface area contributed by atoms with E-state index < -0.39 is 0 Å². The molecule has 2 aromatic carbocycles. The first-order valence-electron chi connectivity index (χ1n) is 8.29. The molecule has 0 bridgehead atoms. The lowest BCUT2D eigenvalue weighted by atomic mass is 10.1. The van der Waals surface area contributed by atoms with Crippen molar-refractivity contribution in [1.82, 2.24) is 4.98 Å². The Morgan fingerprint density at radius 1 is 1.30 bits per heavy atom. The third-order valence-corrected chi connectivity index (χ3v) is 5.24. The van der Waals surface area contributed by atoms with Crippen molar-refractivity contribution in [2.24, 2.45) is 0 Å². The predicted octanol–water partition coefficient (Wildman–Crippen LogP) is 6.04. The highest BCUT2D eigenvalue weighted by atomic mass is 79.9. The van der Waals surface area contributed by atoms with Crippen LogP contribution < -0.4 is 9.47 Å². The molecule has 0 aliphatic rings. The largest absolute Gasteiger partial charge is 0.493 e. The molecule has 0 atom stereocenters. The van der Waals surface area contributed by atoms with Crippen molar-refractivity contribution in [3.05, 3.63) is 62.9 Å². The van der Waals surface area contributed by atoms with E-state index in [9.17, 15) is 5.26 Å². The van der Waals surface area contributed by atoms with E-state index in [0.717, 1.165) is 21.3 Å². The monoisotopic (exact) mass is 440 g/mol. The number of thiazole rings is 1. The molecule has 0 unspecified atom stereocenters. The van der Waals surface area contributed by atoms with Crippen molar-refractivity contribution in [3.8, 4) is 28.8 Å². The van der Waals surface area contributed by atoms with Gasteiger partial charge in [-0.25, -0.2) is 4.98 Å². The molecule has 27 heavy (non-hydrogen) atoms. The summed E-state index contributed by atoms with van der Waals surface area (Å²) in [6, 6.07) is 15.9. The van der Waals surface area contributed by atoms with E-state index in [0.29, 0.717) is 28.7 Å². The Bertz CT molecular complexity index is 1010. The Hall–Kier alpha value is -2.62. The van der Waals surface area contributed by atoms with Crippen molar-refractivity contribution in [2.45, 2.75) is 6.92 Å². The number of ether oxygens (including phenoxy) is 2. The molecule has 0 saturated carbocycles. The molecule has 6 heteroatoms. The molecule has 0 N–H and O–H groups in total. The maximum absolute atomic E-state index is 9.64. The fourth-order valence-electron chi connectivity index (χ4n) is 2.55. The number of methoxy groups -OCH3 is 1. The van der Waals surface area contributed by atoms with Crippen molar-refractivity contribution >= 4 is 38.9 Å². The smallest absolute Gasteiger partial charge is 0.175 e. The van der Waals surface area contributed by atoms with Gasteiger partial charge in [-0.1, -0.05) is 30.3 Å². The SMILES string of the molecule is CCOc1c(Br)cc(/C=C(\C#N)c2nc(-c3ccccc3)cs2)cc1OC. The molecule has 1 aromatic heterocycles. The van der Waals surface area contributed by atoms with Crippen LogP contribution in [0.25, 0.3) is 22.9 Å².